The minimum atomic E-state index is 0.477. The molecule has 0 aromatic heterocycles. The maximum atomic E-state index is 6.51. The minimum absolute atomic E-state index is 0.477. The number of unbranched alkanes of at least 4 members (excludes halogenated alkanes) is 4. The van der Waals surface area contributed by atoms with E-state index in [1.807, 2.05) is 0 Å². The number of morpholine rings is 4. The molecule has 0 unspecified atom stereocenters. The van der Waals surface area contributed by atoms with E-state index in [2.05, 4.69) is 50.2 Å². The first-order valence-corrected chi connectivity index (χ1v) is 25.0. The summed E-state index contributed by atoms with van der Waals surface area (Å²) in [6, 6.07) is 13.3. The van der Waals surface area contributed by atoms with Gasteiger partial charge in [-0.2, -0.15) is 0 Å². The summed E-state index contributed by atoms with van der Waals surface area (Å²) in [6.45, 7) is 28.4. The second-order valence-corrected chi connectivity index (χ2v) is 18.6. The Labute approximate surface area is 374 Å². The van der Waals surface area contributed by atoms with E-state index in [1.165, 1.54) is 50.1 Å². The Hall–Kier alpha value is -2.68. The van der Waals surface area contributed by atoms with Crippen molar-refractivity contribution in [1.29, 1.82) is 0 Å². The van der Waals surface area contributed by atoms with Crippen molar-refractivity contribution in [2.24, 2.45) is 11.8 Å². The van der Waals surface area contributed by atoms with Crippen molar-refractivity contribution in [2.75, 3.05) is 158 Å². The molecule has 0 aliphatic carbocycles. The van der Waals surface area contributed by atoms with Gasteiger partial charge in [0.15, 0.2) is 23.0 Å². The van der Waals surface area contributed by atoms with Crippen LogP contribution in [0, 0.1) is 11.8 Å². The molecule has 12 nitrogen and oxygen atoms in total. The average Bonchev–Trinajstić information content (AvgIpc) is 3.31. The second-order valence-electron chi connectivity index (χ2n) is 18.6. The van der Waals surface area contributed by atoms with Gasteiger partial charge in [0.25, 0.3) is 0 Å². The zero-order valence-electron chi connectivity index (χ0n) is 38.9. The zero-order valence-corrected chi connectivity index (χ0v) is 38.9. The van der Waals surface area contributed by atoms with Gasteiger partial charge in [0, 0.05) is 0 Å². The lowest BCUT2D eigenvalue weighted by molar-refractivity contribution is -0.908. The monoisotopic (exact) mass is 871 g/mol. The van der Waals surface area contributed by atoms with Crippen LogP contribution < -0.4 is 38.5 Å². The molecule has 4 aliphatic heterocycles. The van der Waals surface area contributed by atoms with Crippen molar-refractivity contribution in [3.05, 3.63) is 47.5 Å². The summed E-state index contributed by atoms with van der Waals surface area (Å²) in [4.78, 5) is 6.61. The third-order valence-corrected chi connectivity index (χ3v) is 13.6. The topological polar surface area (TPSA) is 91.6 Å². The zero-order chi connectivity index (χ0) is 42.9. The van der Waals surface area contributed by atoms with Gasteiger partial charge in [-0.3, -0.25) is 0 Å². The first-order chi connectivity index (χ1) is 30.6. The quantitative estimate of drug-likeness (QED) is 0.0904. The predicted octanol–water partition coefficient (Wildman–Crippen LogP) is 1.04. The Kier molecular flexibility index (Phi) is 22.8. The molecule has 0 bridgehead atoms. The molecular weight excluding hydrogens is 785 g/mol. The molecular formula is C50H86N4O8+4. The van der Waals surface area contributed by atoms with E-state index < -0.39 is 0 Å². The summed E-state index contributed by atoms with van der Waals surface area (Å²) in [5.74, 6) is 4.50. The molecule has 0 spiro atoms. The lowest BCUT2D eigenvalue weighted by Gasteiger charge is -2.24. The number of quaternary nitrogens is 4. The van der Waals surface area contributed by atoms with Gasteiger partial charge in [-0.1, -0.05) is 26.0 Å². The summed E-state index contributed by atoms with van der Waals surface area (Å²) in [7, 11) is 0. The van der Waals surface area contributed by atoms with Crippen LogP contribution in [0.2, 0.25) is 0 Å². The molecule has 62 heavy (non-hydrogen) atoms. The standard InChI is InChI=1S/C50H82N4O8/c1-43(39-45-11-13-47(59-27-7-3-15-51-19-31-55-32-20-51)49(41-45)61-29-9-5-17-53-23-35-57-36-24-53)44(2)40-46-12-14-48(60-28-8-4-16-52-21-33-56-34-22-52)50(42-46)62-30-10-6-18-54-25-37-58-38-26-54/h11-14,41-44H,3-10,15-40H2,1-2H3/p+4/t43-,44+. The molecule has 350 valence electrons. The van der Waals surface area contributed by atoms with Gasteiger partial charge in [-0.15, -0.1) is 0 Å². The summed E-state index contributed by atoms with van der Waals surface area (Å²) >= 11 is 0. The maximum absolute atomic E-state index is 6.51. The number of benzene rings is 2. The lowest BCUT2D eigenvalue weighted by Crippen LogP contribution is -3.14. The van der Waals surface area contributed by atoms with Gasteiger partial charge in [0.1, 0.15) is 52.4 Å². The molecule has 4 N–H and O–H groups in total. The fourth-order valence-electron chi connectivity index (χ4n) is 9.25. The molecule has 4 saturated heterocycles. The summed E-state index contributed by atoms with van der Waals surface area (Å²) in [6.07, 6.45) is 10.8. The summed E-state index contributed by atoms with van der Waals surface area (Å²) in [5.41, 5.74) is 2.62. The van der Waals surface area contributed by atoms with Crippen molar-refractivity contribution < 1.29 is 57.5 Å². The van der Waals surface area contributed by atoms with Crippen LogP contribution in [0.3, 0.4) is 0 Å². The summed E-state index contributed by atoms with van der Waals surface area (Å²) < 4.78 is 48.0. The van der Waals surface area contributed by atoms with Gasteiger partial charge in [0.2, 0.25) is 0 Å². The Morgan fingerprint density at radius 1 is 0.387 bits per heavy atom. The van der Waals surface area contributed by atoms with Crippen molar-refractivity contribution >= 4 is 0 Å². The van der Waals surface area contributed by atoms with Crippen LogP contribution in [-0.4, -0.2) is 158 Å². The van der Waals surface area contributed by atoms with Crippen LogP contribution >= 0.6 is 0 Å². The highest BCUT2D eigenvalue weighted by molar-refractivity contribution is 5.44. The molecule has 0 amide bonds. The highest BCUT2D eigenvalue weighted by Crippen LogP contribution is 2.33. The molecule has 4 heterocycles. The number of hydrogen-bond donors (Lipinski definition) is 4. The first kappa shape index (κ1) is 48.8. The number of hydrogen-bond acceptors (Lipinski definition) is 8. The third kappa shape index (κ3) is 18.4. The lowest BCUT2D eigenvalue weighted by atomic mass is 9.85. The van der Waals surface area contributed by atoms with Crippen LogP contribution in [0.5, 0.6) is 23.0 Å². The highest BCUT2D eigenvalue weighted by atomic mass is 16.5. The van der Waals surface area contributed by atoms with Gasteiger partial charge < -0.3 is 57.5 Å². The van der Waals surface area contributed by atoms with Crippen LogP contribution in [0.15, 0.2) is 36.4 Å². The summed E-state index contributed by atoms with van der Waals surface area (Å²) in [5, 5.41) is 0. The minimum Gasteiger partial charge on any atom is -0.490 e. The van der Waals surface area contributed by atoms with E-state index in [0.29, 0.717) is 38.3 Å². The van der Waals surface area contributed by atoms with Gasteiger partial charge in [0.05, 0.1) is 105 Å². The van der Waals surface area contributed by atoms with Crippen LogP contribution in [0.4, 0.5) is 0 Å². The Balaban J connectivity index is 1.000. The normalized spacial score (nSPS) is 19.6. The second kappa shape index (κ2) is 29.0. The van der Waals surface area contributed by atoms with Crippen molar-refractivity contribution in [2.45, 2.75) is 78.1 Å². The molecule has 4 fully saturated rings. The van der Waals surface area contributed by atoms with E-state index >= 15 is 0 Å². The van der Waals surface area contributed by atoms with Gasteiger partial charge in [-0.25, -0.2) is 0 Å². The molecule has 6 rings (SSSR count). The molecule has 12 heteroatoms. The molecule has 2 aromatic carbocycles. The SMILES string of the molecule is C[C@H](Cc1ccc(OCCCC[NH+]2CCOCC2)c(OCCCC[NH+]2CCOCC2)c1)[C@@H](C)Cc1ccc(OCCCC[NH+]2CCOCC2)c(OCCCC[NH+]2CCOCC2)c1. The molecule has 4 aliphatic rings. The maximum Gasteiger partial charge on any atom is 0.161 e. The van der Waals surface area contributed by atoms with E-state index in [1.54, 1.807) is 19.6 Å². The van der Waals surface area contributed by atoms with Crippen LogP contribution in [-0.2, 0) is 31.8 Å². The van der Waals surface area contributed by atoms with Crippen molar-refractivity contribution in [3.63, 3.8) is 0 Å². The average molecular weight is 871 g/mol. The Bertz CT molecular complexity index is 1370. The molecule has 2 aromatic rings. The van der Waals surface area contributed by atoms with Crippen LogP contribution in [0.25, 0.3) is 0 Å². The fourth-order valence-corrected chi connectivity index (χ4v) is 9.25. The van der Waals surface area contributed by atoms with E-state index in [9.17, 15) is 0 Å². The number of nitrogens with one attached hydrogen (secondary N) is 4. The number of rotatable bonds is 29. The van der Waals surface area contributed by atoms with E-state index in [-0.39, 0.29) is 0 Å². The van der Waals surface area contributed by atoms with Gasteiger partial charge in [-0.05, 0) is 111 Å². The smallest absolute Gasteiger partial charge is 0.161 e. The molecule has 0 saturated carbocycles. The van der Waals surface area contributed by atoms with Gasteiger partial charge >= 0.3 is 0 Å². The van der Waals surface area contributed by atoms with Crippen LogP contribution in [0.1, 0.15) is 76.3 Å². The third-order valence-electron chi connectivity index (χ3n) is 13.6. The largest absolute Gasteiger partial charge is 0.490 e. The van der Waals surface area contributed by atoms with E-state index in [4.69, 9.17) is 37.9 Å². The first-order valence-electron chi connectivity index (χ1n) is 25.0. The Morgan fingerprint density at radius 3 is 0.952 bits per heavy atom. The van der Waals surface area contributed by atoms with E-state index in [0.717, 1.165) is 180 Å². The Morgan fingerprint density at radius 2 is 0.661 bits per heavy atom. The number of ether oxygens (including phenoxy) is 8. The highest BCUT2D eigenvalue weighted by Gasteiger charge is 2.20. The van der Waals surface area contributed by atoms with Crippen molar-refractivity contribution in [1.82, 2.24) is 0 Å². The molecule has 0 radical (unpaired) electrons. The van der Waals surface area contributed by atoms with Crippen molar-refractivity contribution in [3.8, 4) is 23.0 Å². The fraction of sp³-hybridized carbons (Fsp3) is 0.760. The molecule has 2 atom stereocenters. The predicted molar refractivity (Wildman–Crippen MR) is 243 cm³/mol.